The lowest BCUT2D eigenvalue weighted by Gasteiger charge is -2.38. The molecule has 1 heterocycles. The average molecular weight is 267 g/mol. The van der Waals surface area contributed by atoms with Gasteiger partial charge in [-0.2, -0.15) is 0 Å². The minimum atomic E-state index is 0.717. The van der Waals surface area contributed by atoms with Crippen molar-refractivity contribution in [2.75, 3.05) is 5.88 Å². The molecule has 1 fully saturated rings. The van der Waals surface area contributed by atoms with Gasteiger partial charge in [0.15, 0.2) is 17.8 Å². The lowest BCUT2D eigenvalue weighted by molar-refractivity contribution is 0.298. The second-order valence-electron chi connectivity index (χ2n) is 4.93. The molecule has 0 amide bonds. The van der Waals surface area contributed by atoms with Gasteiger partial charge in [0.1, 0.15) is 11.9 Å². The maximum Gasteiger partial charge on any atom is 0.170 e. The molecule has 3 rings (SSSR count). The van der Waals surface area contributed by atoms with E-state index < -0.39 is 0 Å². The average Bonchev–Trinajstić information content (AvgIpc) is 2.80. The van der Waals surface area contributed by atoms with E-state index in [9.17, 15) is 0 Å². The van der Waals surface area contributed by atoms with Gasteiger partial charge < -0.3 is 0 Å². The van der Waals surface area contributed by atoms with E-state index in [-0.39, 0.29) is 0 Å². The largest absolute Gasteiger partial charge is 0.227 e. The Bertz CT molecular complexity index is 404. The summed E-state index contributed by atoms with van der Waals surface area (Å²) in [7, 11) is 0. The van der Waals surface area contributed by atoms with Gasteiger partial charge in [-0.3, -0.25) is 0 Å². The van der Waals surface area contributed by atoms with Crippen LogP contribution in [-0.2, 0) is 0 Å². The number of fused-ring (bicyclic) bond motifs is 1. The van der Waals surface area contributed by atoms with E-state index >= 15 is 0 Å². The highest BCUT2D eigenvalue weighted by Crippen LogP contribution is 2.50. The Labute approximate surface area is 112 Å². The number of nitrogens with zero attached hydrogens (tertiary/aromatic N) is 1. The molecule has 1 unspecified atom stereocenters. The lowest BCUT2D eigenvalue weighted by atomic mass is 9.94. The van der Waals surface area contributed by atoms with Crippen LogP contribution in [0.1, 0.15) is 32.1 Å². The maximum atomic E-state index is 6.09. The second kappa shape index (κ2) is 4.84. The van der Waals surface area contributed by atoms with Crippen molar-refractivity contribution in [1.82, 2.24) is 3.89 Å². The molecule has 1 aromatic rings. The first kappa shape index (κ1) is 11.9. The molecular formula is C13H19N2S2+. The van der Waals surface area contributed by atoms with Crippen molar-refractivity contribution < 1.29 is 0 Å². The maximum absolute atomic E-state index is 6.09. The number of nitrogens with two attached hydrogens (primary N) is 1. The molecule has 4 heteroatoms. The van der Waals surface area contributed by atoms with Crippen LogP contribution in [-0.4, -0.2) is 11.9 Å². The van der Waals surface area contributed by atoms with Crippen LogP contribution >= 0.6 is 23.9 Å². The lowest BCUT2D eigenvalue weighted by Crippen LogP contribution is -2.51. The fraction of sp³-hybridized carbons (Fsp3) is 0.538. The molecule has 17 heavy (non-hydrogen) atoms. The van der Waals surface area contributed by atoms with Gasteiger partial charge in [0.25, 0.3) is 0 Å². The van der Waals surface area contributed by atoms with Crippen molar-refractivity contribution in [1.29, 1.82) is 0 Å². The van der Waals surface area contributed by atoms with E-state index in [1.807, 2.05) is 11.8 Å². The molecule has 2 nitrogen and oxygen atoms in total. The van der Waals surface area contributed by atoms with Crippen LogP contribution in [0.15, 0.2) is 29.2 Å². The van der Waals surface area contributed by atoms with E-state index in [0.717, 1.165) is 15.8 Å². The van der Waals surface area contributed by atoms with Gasteiger partial charge >= 0.3 is 0 Å². The molecule has 1 aromatic carbocycles. The van der Waals surface area contributed by atoms with Crippen molar-refractivity contribution in [3.8, 4) is 0 Å². The topological polar surface area (TPSA) is 26.0 Å². The van der Waals surface area contributed by atoms with E-state index in [1.54, 1.807) is 12.1 Å². The zero-order valence-electron chi connectivity index (χ0n) is 9.97. The third-order valence-electron chi connectivity index (χ3n) is 4.04. The minimum Gasteiger partial charge on any atom is -0.227 e. The van der Waals surface area contributed by atoms with E-state index in [4.69, 9.17) is 5.14 Å². The summed E-state index contributed by atoms with van der Waals surface area (Å²) < 4.78 is 0.945. The summed E-state index contributed by atoms with van der Waals surface area (Å²) in [6.07, 6.45) is 6.81. The number of quaternary nitrogens is 1. The molecule has 0 saturated heterocycles. The van der Waals surface area contributed by atoms with Gasteiger partial charge in [-0.1, -0.05) is 30.3 Å². The van der Waals surface area contributed by atoms with Crippen molar-refractivity contribution in [2.45, 2.75) is 43.0 Å². The van der Waals surface area contributed by atoms with E-state index in [0.29, 0.717) is 0 Å². The summed E-state index contributed by atoms with van der Waals surface area (Å²) in [6.45, 7) is 0. The Hall–Kier alpha value is -0.160. The Morgan fingerprint density at radius 1 is 1.18 bits per heavy atom. The first-order chi connectivity index (χ1) is 8.37. The molecule has 0 spiro atoms. The van der Waals surface area contributed by atoms with Crippen LogP contribution in [0.5, 0.6) is 0 Å². The molecule has 92 valence electrons. The fourth-order valence-corrected chi connectivity index (χ4v) is 5.45. The molecule has 1 aliphatic carbocycles. The van der Waals surface area contributed by atoms with Crippen molar-refractivity contribution in [3.05, 3.63) is 24.3 Å². The van der Waals surface area contributed by atoms with Gasteiger partial charge in [-0.15, -0.1) is 0 Å². The van der Waals surface area contributed by atoms with Crippen molar-refractivity contribution in [3.63, 3.8) is 0 Å². The number of hydrogen-bond donors (Lipinski definition) is 1. The second-order valence-corrected chi connectivity index (χ2v) is 6.78. The summed E-state index contributed by atoms with van der Waals surface area (Å²) in [5.41, 5.74) is 1.44. The first-order valence-corrected chi connectivity index (χ1v) is 8.18. The molecule has 0 bridgehead atoms. The molecule has 0 aromatic heterocycles. The predicted octanol–water partition coefficient (Wildman–Crippen LogP) is 3.91. The summed E-state index contributed by atoms with van der Waals surface area (Å²) in [5.74, 6) is 1.10. The molecule has 1 atom stereocenters. The van der Waals surface area contributed by atoms with Crippen LogP contribution in [0.25, 0.3) is 0 Å². The monoisotopic (exact) mass is 267 g/mol. The number of benzene rings is 1. The Morgan fingerprint density at radius 2 is 1.94 bits per heavy atom. The molecular weight excluding hydrogens is 248 g/mol. The molecule has 1 aliphatic heterocycles. The van der Waals surface area contributed by atoms with Crippen LogP contribution in [0.4, 0.5) is 5.69 Å². The molecule has 2 aliphatic rings. The third-order valence-corrected chi connectivity index (χ3v) is 6.39. The quantitative estimate of drug-likeness (QED) is 0.650. The van der Waals surface area contributed by atoms with Gasteiger partial charge in [0.05, 0.1) is 4.90 Å². The number of hydrogen-bond acceptors (Lipinski definition) is 3. The van der Waals surface area contributed by atoms with Gasteiger partial charge in [0, 0.05) is 18.9 Å². The third kappa shape index (κ3) is 1.91. The zero-order valence-corrected chi connectivity index (χ0v) is 11.6. The standard InChI is InChI=1S/C13H19N2S2/c14-17-15(11-6-2-1-3-7-11)10-16-13-9-5-4-8-12(13)15/h4-5,8-9,11H,1-3,6-7,10,14H2/q+1. The van der Waals surface area contributed by atoms with Crippen molar-refractivity contribution >= 4 is 29.6 Å². The smallest absolute Gasteiger partial charge is 0.170 e. The molecule has 1 saturated carbocycles. The Balaban J connectivity index is 1.98. The fourth-order valence-electron chi connectivity index (χ4n) is 3.10. The Morgan fingerprint density at radius 3 is 2.71 bits per heavy atom. The highest BCUT2D eigenvalue weighted by atomic mass is 32.2. The predicted molar refractivity (Wildman–Crippen MR) is 77.6 cm³/mol. The summed E-state index contributed by atoms with van der Waals surface area (Å²) >= 11 is 3.51. The SMILES string of the molecule is NS[N+]1(C2CCCCC2)CSc2ccccc21. The van der Waals surface area contributed by atoms with Crippen LogP contribution in [0.2, 0.25) is 0 Å². The number of rotatable bonds is 2. The number of thioether (sulfide) groups is 1. The number of para-hydroxylation sites is 1. The first-order valence-electron chi connectivity index (χ1n) is 6.35. The Kier molecular flexibility index (Phi) is 3.39. The van der Waals surface area contributed by atoms with Gasteiger partial charge in [-0.05, 0) is 18.9 Å². The van der Waals surface area contributed by atoms with Gasteiger partial charge in [0.2, 0.25) is 0 Å². The highest BCUT2D eigenvalue weighted by Gasteiger charge is 2.46. The van der Waals surface area contributed by atoms with Crippen LogP contribution in [0.3, 0.4) is 0 Å². The van der Waals surface area contributed by atoms with Gasteiger partial charge in [-0.25, -0.2) is 9.03 Å². The summed E-state index contributed by atoms with van der Waals surface area (Å²) in [5, 5.41) is 6.09. The minimum absolute atomic E-state index is 0.717. The highest BCUT2D eigenvalue weighted by molar-refractivity contribution is 8.02. The van der Waals surface area contributed by atoms with E-state index in [1.165, 1.54) is 42.7 Å². The summed E-state index contributed by atoms with van der Waals surface area (Å²) in [6, 6.07) is 9.50. The van der Waals surface area contributed by atoms with Crippen LogP contribution < -0.4 is 9.03 Å². The van der Waals surface area contributed by atoms with Crippen molar-refractivity contribution in [2.24, 2.45) is 5.14 Å². The molecule has 0 radical (unpaired) electrons. The van der Waals surface area contributed by atoms with Crippen LogP contribution in [0, 0.1) is 0 Å². The van der Waals surface area contributed by atoms with E-state index in [2.05, 4.69) is 24.3 Å². The normalized spacial score (nSPS) is 29.2. The zero-order chi connectivity index (χ0) is 11.7. The molecule has 2 N–H and O–H groups in total. The summed E-state index contributed by atoms with van der Waals surface area (Å²) in [4.78, 5) is 1.43.